The van der Waals surface area contributed by atoms with E-state index in [1.807, 2.05) is 54.0 Å². The van der Waals surface area contributed by atoms with Crippen LogP contribution in [0.3, 0.4) is 0 Å². The van der Waals surface area contributed by atoms with Crippen LogP contribution in [0.25, 0.3) is 0 Å². The molecule has 15 heteroatoms. The molecule has 2 aromatic carbocycles. The number of thioether (sulfide) groups is 1. The van der Waals surface area contributed by atoms with Crippen LogP contribution >= 0.6 is 42.6 Å². The van der Waals surface area contributed by atoms with Crippen molar-refractivity contribution in [1.29, 1.82) is 0 Å². The van der Waals surface area contributed by atoms with Gasteiger partial charge in [-0.1, -0.05) is 92.7 Å². The van der Waals surface area contributed by atoms with E-state index in [4.69, 9.17) is 52.4 Å². The molecule has 0 saturated heterocycles. The number of allylic oxidation sites excluding steroid dienone is 3. The van der Waals surface area contributed by atoms with Gasteiger partial charge in [-0.25, -0.2) is 19.1 Å². The molecule has 3 N–H and O–H groups in total. The second-order valence-electron chi connectivity index (χ2n) is 12.2. The SMILES string of the molecule is CCOC(=O)[C@H](C)OP(=O)(CCNCc1ccc(Cn2c(COC(N)=O)nc(C(C)C)c2SC2=CC(Cl)C(C)C(Cl)=C2)cc1)Oc1ccccc1. The van der Waals surface area contributed by atoms with Crippen molar-refractivity contribution in [2.45, 2.75) is 76.7 Å². The molecule has 51 heavy (non-hydrogen) atoms. The molecule has 0 aliphatic heterocycles. The standard InChI is InChI=1S/C36H45Cl2N4O7PS/c1-6-46-35(43)25(5)48-50(45,49-28-10-8-7-9-11-28)17-16-40-20-26-12-14-27(15-13-26)21-42-32(22-47-36(39)44)41-33(23(2)3)34(42)51-29-18-30(37)24(4)31(38)19-29/h7-15,18-19,23-25,30,40H,6,16-17,20-22H2,1-5H3,(H2,39,44)/t24?,25-,30?,50?/m0/s1. The Kier molecular flexibility index (Phi) is 15.1. The van der Waals surface area contributed by atoms with Gasteiger partial charge in [-0.15, -0.1) is 11.6 Å². The number of aromatic nitrogens is 2. The number of amides is 1. The molecule has 0 bridgehead atoms. The van der Waals surface area contributed by atoms with Crippen LogP contribution < -0.4 is 15.6 Å². The summed E-state index contributed by atoms with van der Waals surface area (Å²) in [6.45, 7) is 10.6. The fraction of sp³-hybridized carbons (Fsp3) is 0.417. The molecule has 4 rings (SSSR count). The molecule has 0 spiro atoms. The molecule has 1 aliphatic carbocycles. The Morgan fingerprint density at radius 1 is 1.08 bits per heavy atom. The number of ether oxygens (including phenoxy) is 2. The van der Waals surface area contributed by atoms with Gasteiger partial charge in [-0.2, -0.15) is 0 Å². The third-order valence-electron chi connectivity index (χ3n) is 7.83. The lowest BCUT2D eigenvalue weighted by Gasteiger charge is -2.22. The molecule has 11 nitrogen and oxygen atoms in total. The first-order valence-corrected chi connectivity index (χ1v) is 20.0. The Morgan fingerprint density at radius 3 is 2.39 bits per heavy atom. The van der Waals surface area contributed by atoms with E-state index in [1.54, 1.807) is 31.2 Å². The molecule has 0 saturated carbocycles. The summed E-state index contributed by atoms with van der Waals surface area (Å²) < 4.78 is 37.4. The van der Waals surface area contributed by atoms with Crippen LogP contribution in [-0.2, 0) is 43.1 Å². The van der Waals surface area contributed by atoms with Crippen molar-refractivity contribution in [3.05, 3.63) is 99.3 Å². The quantitative estimate of drug-likeness (QED) is 0.0560. The fourth-order valence-corrected chi connectivity index (χ4v) is 8.74. The van der Waals surface area contributed by atoms with Gasteiger partial charge in [-0.3, -0.25) is 4.52 Å². The van der Waals surface area contributed by atoms with E-state index in [0.29, 0.717) is 36.2 Å². The zero-order valence-electron chi connectivity index (χ0n) is 29.3. The van der Waals surface area contributed by atoms with E-state index in [0.717, 1.165) is 26.8 Å². The van der Waals surface area contributed by atoms with Crippen LogP contribution in [0.2, 0.25) is 0 Å². The van der Waals surface area contributed by atoms with E-state index in [-0.39, 0.29) is 36.6 Å². The van der Waals surface area contributed by atoms with Gasteiger partial charge in [0.1, 0.15) is 16.6 Å². The second-order valence-corrected chi connectivity index (χ2v) is 16.3. The summed E-state index contributed by atoms with van der Waals surface area (Å²) in [4.78, 5) is 29.5. The van der Waals surface area contributed by atoms with E-state index in [9.17, 15) is 14.2 Å². The summed E-state index contributed by atoms with van der Waals surface area (Å²) in [6, 6.07) is 16.7. The average Bonchev–Trinajstić information content (AvgIpc) is 3.42. The number of rotatable bonds is 18. The number of para-hydroxylation sites is 1. The minimum Gasteiger partial charge on any atom is -0.464 e. The molecule has 1 amide bonds. The maximum Gasteiger partial charge on any atom is 0.404 e. The van der Waals surface area contributed by atoms with E-state index in [1.165, 1.54) is 18.7 Å². The monoisotopic (exact) mass is 778 g/mol. The van der Waals surface area contributed by atoms with Gasteiger partial charge < -0.3 is 29.6 Å². The number of esters is 1. The number of benzene rings is 2. The predicted molar refractivity (Wildman–Crippen MR) is 201 cm³/mol. The van der Waals surface area contributed by atoms with Crippen LogP contribution in [0.15, 0.2) is 81.7 Å². The number of imidazole rings is 1. The maximum absolute atomic E-state index is 13.7. The highest BCUT2D eigenvalue weighted by Crippen LogP contribution is 2.49. The Labute approximate surface area is 313 Å². The minimum absolute atomic E-state index is 0.0141. The lowest BCUT2D eigenvalue weighted by atomic mass is 10.0. The zero-order chi connectivity index (χ0) is 37.1. The number of carbonyl (C=O) groups is 2. The number of primary amides is 1. The van der Waals surface area contributed by atoms with Crippen LogP contribution in [0.5, 0.6) is 5.75 Å². The van der Waals surface area contributed by atoms with E-state index < -0.39 is 25.8 Å². The van der Waals surface area contributed by atoms with Crippen molar-refractivity contribution in [1.82, 2.24) is 14.9 Å². The van der Waals surface area contributed by atoms with Gasteiger partial charge in [0, 0.05) is 35.5 Å². The summed E-state index contributed by atoms with van der Waals surface area (Å²) in [5.74, 6) is 0.430. The number of hydrogen-bond donors (Lipinski definition) is 2. The van der Waals surface area contributed by atoms with E-state index in [2.05, 4.69) is 19.2 Å². The molecule has 4 atom stereocenters. The van der Waals surface area contributed by atoms with Crippen LogP contribution in [-0.4, -0.2) is 52.4 Å². The number of nitrogens with two attached hydrogens (primary N) is 1. The smallest absolute Gasteiger partial charge is 0.404 e. The van der Waals surface area contributed by atoms with Crippen molar-refractivity contribution >= 4 is 54.6 Å². The first kappa shape index (κ1) is 40.5. The molecule has 1 aromatic heterocycles. The summed E-state index contributed by atoms with van der Waals surface area (Å²) >= 11 is 14.6. The fourth-order valence-electron chi connectivity index (χ4n) is 5.04. The molecule has 0 radical (unpaired) electrons. The highest BCUT2D eigenvalue weighted by atomic mass is 35.5. The van der Waals surface area contributed by atoms with Crippen molar-refractivity contribution < 1.29 is 32.7 Å². The number of carbonyl (C=O) groups excluding carboxylic acids is 2. The molecule has 3 unspecified atom stereocenters. The number of nitrogens with one attached hydrogen (secondary N) is 1. The molecule has 276 valence electrons. The first-order valence-electron chi connectivity index (χ1n) is 16.7. The second kappa shape index (κ2) is 19.0. The molecular formula is C36H45Cl2N4O7PS. The summed E-state index contributed by atoms with van der Waals surface area (Å²) in [7, 11) is -3.73. The molecule has 3 aromatic rings. The highest BCUT2D eigenvalue weighted by molar-refractivity contribution is 8.03. The van der Waals surface area contributed by atoms with Gasteiger partial charge >= 0.3 is 19.7 Å². The number of nitrogens with zero attached hydrogens (tertiary/aromatic N) is 2. The number of alkyl halides is 1. The molecular weight excluding hydrogens is 734 g/mol. The topological polar surface area (TPSA) is 144 Å². The number of halogens is 2. The van der Waals surface area contributed by atoms with Crippen molar-refractivity contribution in [3.8, 4) is 5.75 Å². The predicted octanol–water partition coefficient (Wildman–Crippen LogP) is 8.34. The van der Waals surface area contributed by atoms with Crippen LogP contribution in [0.4, 0.5) is 4.79 Å². The molecule has 1 heterocycles. The third kappa shape index (κ3) is 11.9. The number of hydrogen-bond acceptors (Lipinski definition) is 10. The van der Waals surface area contributed by atoms with Crippen molar-refractivity contribution in [3.63, 3.8) is 0 Å². The Hall–Kier alpha value is -3.25. The Bertz CT molecular complexity index is 1750. The maximum atomic E-state index is 13.7. The van der Waals surface area contributed by atoms with Crippen LogP contribution in [0.1, 0.15) is 63.2 Å². The van der Waals surface area contributed by atoms with Gasteiger partial charge in [-0.05, 0) is 49.1 Å². The zero-order valence-corrected chi connectivity index (χ0v) is 32.6. The van der Waals surface area contributed by atoms with Gasteiger partial charge in [0.05, 0.1) is 23.8 Å². The van der Waals surface area contributed by atoms with E-state index >= 15 is 0 Å². The van der Waals surface area contributed by atoms with Crippen LogP contribution in [0, 0.1) is 5.92 Å². The first-order chi connectivity index (χ1) is 24.3. The average molecular weight is 780 g/mol. The Morgan fingerprint density at radius 2 is 1.76 bits per heavy atom. The Balaban J connectivity index is 1.46. The molecule has 1 aliphatic rings. The third-order valence-corrected chi connectivity index (χ3v) is 11.8. The minimum atomic E-state index is -3.73. The van der Waals surface area contributed by atoms with Gasteiger partial charge in [0.25, 0.3) is 0 Å². The highest BCUT2D eigenvalue weighted by Gasteiger charge is 2.32. The lowest BCUT2D eigenvalue weighted by molar-refractivity contribution is -0.150. The summed E-state index contributed by atoms with van der Waals surface area (Å²) in [5, 5.41) is 4.63. The lowest BCUT2D eigenvalue weighted by Crippen LogP contribution is -2.26. The van der Waals surface area contributed by atoms with Crippen molar-refractivity contribution in [2.24, 2.45) is 11.7 Å². The van der Waals surface area contributed by atoms with Gasteiger partial charge in [0.15, 0.2) is 12.7 Å². The normalized spacial score (nSPS) is 17.6. The molecule has 0 fully saturated rings. The summed E-state index contributed by atoms with van der Waals surface area (Å²) in [5.41, 5.74) is 8.15. The largest absolute Gasteiger partial charge is 0.464 e. The van der Waals surface area contributed by atoms with Gasteiger partial charge in [0.2, 0.25) is 0 Å². The summed E-state index contributed by atoms with van der Waals surface area (Å²) in [6.07, 6.45) is 2.01. The van der Waals surface area contributed by atoms with Crippen molar-refractivity contribution in [2.75, 3.05) is 19.3 Å².